The van der Waals surface area contributed by atoms with Crippen LogP contribution < -0.4 is 16.2 Å². The van der Waals surface area contributed by atoms with Crippen molar-refractivity contribution in [3.63, 3.8) is 0 Å². The third-order valence-corrected chi connectivity index (χ3v) is 4.48. The van der Waals surface area contributed by atoms with E-state index >= 15 is 0 Å². The second kappa shape index (κ2) is 7.55. The summed E-state index contributed by atoms with van der Waals surface area (Å²) < 4.78 is 5.25. The number of anilines is 1. The smallest absolute Gasteiger partial charge is 0.257 e. The number of nitrogens with two attached hydrogens (primary N) is 2. The minimum absolute atomic E-state index is 0.132. The molecule has 1 aliphatic rings. The second-order valence-corrected chi connectivity index (χ2v) is 6.25. The van der Waals surface area contributed by atoms with Crippen LogP contribution in [-0.4, -0.2) is 36.9 Å². The van der Waals surface area contributed by atoms with Crippen molar-refractivity contribution in [2.75, 3.05) is 25.9 Å². The predicted molar refractivity (Wildman–Crippen MR) is 89.5 cm³/mol. The minimum atomic E-state index is -0.305. The Morgan fingerprint density at radius 2 is 2.17 bits per heavy atom. The molecule has 1 unspecified atom stereocenters. The number of rotatable bonds is 5. The summed E-state index contributed by atoms with van der Waals surface area (Å²) in [6.45, 7) is 1.29. The van der Waals surface area contributed by atoms with E-state index in [9.17, 15) is 9.59 Å². The zero-order chi connectivity index (χ0) is 17.0. The van der Waals surface area contributed by atoms with Crippen molar-refractivity contribution in [1.82, 2.24) is 4.90 Å². The number of ether oxygens (including phenoxy) is 1. The molecule has 1 fully saturated rings. The minimum Gasteiger partial charge on any atom is -0.496 e. The quantitative estimate of drug-likeness (QED) is 0.802. The summed E-state index contributed by atoms with van der Waals surface area (Å²) in [5.41, 5.74) is 11.7. The number of nitrogen functional groups attached to an aromatic ring is 1. The number of hydrogen-bond donors (Lipinski definition) is 2. The fourth-order valence-corrected chi connectivity index (χ4v) is 3.07. The summed E-state index contributed by atoms with van der Waals surface area (Å²) in [5, 5.41) is 0.330. The average molecular weight is 340 g/mol. The summed E-state index contributed by atoms with van der Waals surface area (Å²) in [6, 6.07) is 3.11. The van der Waals surface area contributed by atoms with E-state index in [1.54, 1.807) is 17.0 Å². The van der Waals surface area contributed by atoms with Gasteiger partial charge in [-0.2, -0.15) is 0 Å². The SMILES string of the molecule is COc1cc(N)c(Cl)cc1C(=O)N1CCCC(CCC(N)=O)C1. The zero-order valence-corrected chi connectivity index (χ0v) is 13.9. The van der Waals surface area contributed by atoms with Crippen molar-refractivity contribution in [3.05, 3.63) is 22.7 Å². The van der Waals surface area contributed by atoms with Gasteiger partial charge in [-0.25, -0.2) is 0 Å². The molecule has 1 saturated heterocycles. The van der Waals surface area contributed by atoms with Crippen molar-refractivity contribution in [3.8, 4) is 5.75 Å². The Labute approximate surface area is 140 Å². The van der Waals surface area contributed by atoms with Gasteiger partial charge in [0.1, 0.15) is 5.75 Å². The lowest BCUT2D eigenvalue weighted by molar-refractivity contribution is -0.118. The van der Waals surface area contributed by atoms with Crippen LogP contribution in [0.4, 0.5) is 5.69 Å². The number of halogens is 1. The Hall–Kier alpha value is -1.95. The fraction of sp³-hybridized carbons (Fsp3) is 0.500. The Bertz CT molecular complexity index is 606. The van der Waals surface area contributed by atoms with Crippen molar-refractivity contribution in [1.29, 1.82) is 0 Å². The van der Waals surface area contributed by atoms with E-state index in [0.717, 1.165) is 12.8 Å². The molecular weight excluding hydrogens is 318 g/mol. The number of amides is 2. The molecule has 0 radical (unpaired) electrons. The lowest BCUT2D eigenvalue weighted by Gasteiger charge is -2.33. The molecule has 0 aromatic heterocycles. The monoisotopic (exact) mass is 339 g/mol. The first-order chi connectivity index (χ1) is 10.9. The lowest BCUT2D eigenvalue weighted by atomic mass is 9.93. The zero-order valence-electron chi connectivity index (χ0n) is 13.2. The van der Waals surface area contributed by atoms with Crippen LogP contribution in [0.25, 0.3) is 0 Å². The van der Waals surface area contributed by atoms with Crippen LogP contribution in [0.5, 0.6) is 5.75 Å². The fourth-order valence-electron chi connectivity index (χ4n) is 2.91. The summed E-state index contributed by atoms with van der Waals surface area (Å²) in [6.07, 6.45) is 2.96. The molecule has 2 rings (SSSR count). The van der Waals surface area contributed by atoms with Gasteiger partial charge >= 0.3 is 0 Å². The average Bonchev–Trinajstić information content (AvgIpc) is 2.54. The molecule has 2 amide bonds. The van der Waals surface area contributed by atoms with Gasteiger partial charge in [-0.15, -0.1) is 0 Å². The first-order valence-electron chi connectivity index (χ1n) is 7.63. The maximum absolute atomic E-state index is 12.8. The molecule has 1 aromatic rings. The molecule has 6 nitrogen and oxygen atoms in total. The molecule has 126 valence electrons. The number of carbonyl (C=O) groups is 2. The van der Waals surface area contributed by atoms with Crippen LogP contribution >= 0.6 is 11.6 Å². The molecule has 0 spiro atoms. The number of hydrogen-bond acceptors (Lipinski definition) is 4. The van der Waals surface area contributed by atoms with Gasteiger partial charge in [0.05, 0.1) is 23.4 Å². The molecule has 4 N–H and O–H groups in total. The molecule has 0 bridgehead atoms. The normalized spacial score (nSPS) is 17.8. The largest absolute Gasteiger partial charge is 0.496 e. The van der Waals surface area contributed by atoms with Crippen molar-refractivity contribution in [2.45, 2.75) is 25.7 Å². The highest BCUT2D eigenvalue weighted by atomic mass is 35.5. The first kappa shape index (κ1) is 17.4. The lowest BCUT2D eigenvalue weighted by Crippen LogP contribution is -2.40. The maximum Gasteiger partial charge on any atom is 0.257 e. The number of likely N-dealkylation sites (tertiary alicyclic amines) is 1. The molecule has 0 aliphatic carbocycles. The van der Waals surface area contributed by atoms with Crippen LogP contribution in [0.1, 0.15) is 36.0 Å². The molecule has 1 heterocycles. The van der Waals surface area contributed by atoms with Gasteiger partial charge in [0.25, 0.3) is 5.91 Å². The van der Waals surface area contributed by atoms with Crippen molar-refractivity contribution < 1.29 is 14.3 Å². The van der Waals surface area contributed by atoms with E-state index in [1.165, 1.54) is 7.11 Å². The molecular formula is C16H22ClN3O3. The van der Waals surface area contributed by atoms with E-state index in [2.05, 4.69) is 0 Å². The highest BCUT2D eigenvalue weighted by Crippen LogP contribution is 2.31. The van der Waals surface area contributed by atoms with Crippen LogP contribution in [0.15, 0.2) is 12.1 Å². The summed E-state index contributed by atoms with van der Waals surface area (Å²) in [4.78, 5) is 25.5. The Morgan fingerprint density at radius 3 is 2.83 bits per heavy atom. The van der Waals surface area contributed by atoms with E-state index in [-0.39, 0.29) is 17.7 Å². The van der Waals surface area contributed by atoms with E-state index in [0.29, 0.717) is 48.0 Å². The van der Waals surface area contributed by atoms with Gasteiger partial charge in [-0.1, -0.05) is 11.6 Å². The third-order valence-electron chi connectivity index (χ3n) is 4.15. The molecule has 7 heteroatoms. The summed E-state index contributed by atoms with van der Waals surface area (Å²) >= 11 is 6.04. The molecule has 1 aromatic carbocycles. The van der Waals surface area contributed by atoms with Gasteiger partial charge in [0, 0.05) is 25.6 Å². The van der Waals surface area contributed by atoms with Crippen LogP contribution in [0.2, 0.25) is 5.02 Å². The summed E-state index contributed by atoms with van der Waals surface area (Å²) in [5.74, 6) is 0.263. The van der Waals surface area contributed by atoms with E-state index < -0.39 is 0 Å². The Kier molecular flexibility index (Phi) is 5.71. The van der Waals surface area contributed by atoms with Crippen LogP contribution in [0, 0.1) is 5.92 Å². The van der Waals surface area contributed by atoms with E-state index in [4.69, 9.17) is 27.8 Å². The van der Waals surface area contributed by atoms with Gasteiger partial charge in [0.15, 0.2) is 0 Å². The highest BCUT2D eigenvalue weighted by molar-refractivity contribution is 6.33. The molecule has 1 atom stereocenters. The van der Waals surface area contributed by atoms with Crippen molar-refractivity contribution >= 4 is 29.1 Å². The number of piperidine rings is 1. The van der Waals surface area contributed by atoms with Crippen LogP contribution in [0.3, 0.4) is 0 Å². The van der Waals surface area contributed by atoms with Gasteiger partial charge in [-0.3, -0.25) is 9.59 Å². The van der Waals surface area contributed by atoms with Gasteiger partial charge in [-0.05, 0) is 31.2 Å². The van der Waals surface area contributed by atoms with Gasteiger partial charge in [0.2, 0.25) is 5.91 Å². The molecule has 23 heavy (non-hydrogen) atoms. The number of benzene rings is 1. The Morgan fingerprint density at radius 1 is 1.43 bits per heavy atom. The van der Waals surface area contributed by atoms with Gasteiger partial charge < -0.3 is 21.1 Å². The number of primary amides is 1. The molecule has 1 aliphatic heterocycles. The standard InChI is InChI=1S/C16H22ClN3O3/c1-23-14-8-13(18)12(17)7-11(14)16(22)20-6-2-3-10(9-20)4-5-15(19)21/h7-8,10H,2-6,9,18H2,1H3,(H2,19,21). The van der Waals surface area contributed by atoms with Crippen molar-refractivity contribution in [2.24, 2.45) is 11.7 Å². The molecule has 0 saturated carbocycles. The topological polar surface area (TPSA) is 98.7 Å². The first-order valence-corrected chi connectivity index (χ1v) is 8.00. The van der Waals surface area contributed by atoms with Crippen LogP contribution in [-0.2, 0) is 4.79 Å². The van der Waals surface area contributed by atoms with E-state index in [1.807, 2.05) is 0 Å². The number of carbonyl (C=O) groups excluding carboxylic acids is 2. The highest BCUT2D eigenvalue weighted by Gasteiger charge is 2.27. The summed E-state index contributed by atoms with van der Waals surface area (Å²) in [7, 11) is 1.49. The second-order valence-electron chi connectivity index (χ2n) is 5.84. The Balaban J connectivity index is 2.13. The third kappa shape index (κ3) is 4.28. The maximum atomic E-state index is 12.8. The number of methoxy groups -OCH3 is 1. The number of nitrogens with zero attached hydrogens (tertiary/aromatic N) is 1. The predicted octanol–water partition coefficient (Wildman–Crippen LogP) is 2.05.